The average Bonchev–Trinajstić information content (AvgIpc) is 3.53. The van der Waals surface area contributed by atoms with E-state index < -0.39 is 25.3 Å². The number of thiophene rings is 1. The lowest BCUT2D eigenvalue weighted by molar-refractivity contribution is 0.0359. The zero-order valence-electron chi connectivity index (χ0n) is 25.8. The van der Waals surface area contributed by atoms with Crippen molar-refractivity contribution >= 4 is 23.3 Å². The zero-order valence-corrected chi connectivity index (χ0v) is 20.6. The first-order chi connectivity index (χ1) is 18.5. The number of fused-ring (bicyclic) bond motifs is 3. The van der Waals surface area contributed by atoms with Gasteiger partial charge in [-0.15, -0.1) is 0 Å². The van der Waals surface area contributed by atoms with Crippen LogP contribution in [0.25, 0.3) is 23.0 Å². The van der Waals surface area contributed by atoms with Crippen molar-refractivity contribution in [2.75, 3.05) is 27.8 Å². The predicted octanol–water partition coefficient (Wildman–Crippen LogP) is 5.42. The summed E-state index contributed by atoms with van der Waals surface area (Å²) in [6.45, 7) is 2.53. The number of nitrogens with zero attached hydrogens (tertiary/aromatic N) is 3. The summed E-state index contributed by atoms with van der Waals surface area (Å²) in [5.74, 6) is 0.519. The van der Waals surface area contributed by atoms with Gasteiger partial charge in [0.1, 0.15) is 18.1 Å². The van der Waals surface area contributed by atoms with Gasteiger partial charge in [-0.1, -0.05) is 11.6 Å². The van der Waals surface area contributed by atoms with Crippen LogP contribution in [-0.2, 0) is 11.3 Å². The van der Waals surface area contributed by atoms with Crippen LogP contribution >= 0.6 is 11.3 Å². The average molecular weight is 488 g/mol. The zero-order chi connectivity index (χ0) is 29.6. The summed E-state index contributed by atoms with van der Waals surface area (Å²) in [5, 5.41) is 8.51. The largest absolute Gasteiger partial charge is 0.496 e. The predicted molar refractivity (Wildman–Crippen MR) is 135 cm³/mol. The maximum atomic E-state index is 13.8. The fourth-order valence-corrected chi connectivity index (χ4v) is 4.48. The minimum Gasteiger partial charge on any atom is -0.496 e. The Morgan fingerprint density at radius 3 is 2.94 bits per heavy atom. The molecule has 0 fully saturated rings. The Hall–Kier alpha value is -3.10. The molecular weight excluding hydrogens is 450 g/mol. The number of benzene rings is 1. The quantitative estimate of drug-likeness (QED) is 0.445. The van der Waals surface area contributed by atoms with Gasteiger partial charge in [0.2, 0.25) is 0 Å². The Bertz CT molecular complexity index is 1440. The fourth-order valence-electron chi connectivity index (χ4n) is 3.86. The second-order valence-electron chi connectivity index (χ2n) is 8.74. The van der Waals surface area contributed by atoms with Crippen molar-refractivity contribution in [1.29, 1.82) is 0 Å². The highest BCUT2D eigenvalue weighted by Crippen LogP contribution is 2.44. The van der Waals surface area contributed by atoms with Crippen LogP contribution in [-0.4, -0.2) is 53.9 Å². The first kappa shape index (κ1) is 17.4. The number of ether oxygens (including phenoxy) is 3. The van der Waals surface area contributed by atoms with Crippen LogP contribution in [0.15, 0.2) is 34.5 Å². The lowest BCUT2D eigenvalue weighted by atomic mass is 9.97. The van der Waals surface area contributed by atoms with Gasteiger partial charge in [-0.2, -0.15) is 16.4 Å². The molecule has 0 spiro atoms. The molecule has 0 atom stereocenters. The van der Waals surface area contributed by atoms with Crippen LogP contribution in [0.3, 0.4) is 0 Å². The number of carbonyl (C=O) groups excluding carboxylic acids is 1. The van der Waals surface area contributed by atoms with Gasteiger partial charge in [-0.05, 0) is 45.1 Å². The molecule has 180 valence electrons. The SMILES string of the molecule is [2H]C([2H])([2H])OCC(C)(C)N(C)C(=O)c1nn(-c2ccsc2)c2c1COc1cc(OC)c(C=C(C)C([2H])([2H])[2H])cc1-2. The van der Waals surface area contributed by atoms with Gasteiger partial charge in [0.25, 0.3) is 5.91 Å². The number of rotatable bonds is 7. The van der Waals surface area contributed by atoms with Gasteiger partial charge in [0.15, 0.2) is 5.69 Å². The first-order valence-electron chi connectivity index (χ1n) is 13.6. The summed E-state index contributed by atoms with van der Waals surface area (Å²) in [7, 11) is 0.478. The third kappa shape index (κ3) is 4.23. The van der Waals surface area contributed by atoms with E-state index in [0.717, 1.165) is 5.69 Å². The van der Waals surface area contributed by atoms with E-state index in [1.165, 1.54) is 30.3 Å². The maximum Gasteiger partial charge on any atom is 0.275 e. The number of hydrogen-bond acceptors (Lipinski definition) is 6. The Balaban J connectivity index is 1.86. The molecule has 3 aromatic rings. The van der Waals surface area contributed by atoms with Crippen molar-refractivity contribution in [2.24, 2.45) is 0 Å². The number of aromatic nitrogens is 2. The Labute approximate surface area is 213 Å². The van der Waals surface area contributed by atoms with Crippen LogP contribution in [0.2, 0.25) is 0 Å². The minimum absolute atomic E-state index is 0.0558. The van der Waals surface area contributed by atoms with Crippen molar-refractivity contribution in [1.82, 2.24) is 14.7 Å². The van der Waals surface area contributed by atoms with Crippen molar-refractivity contribution in [3.05, 3.63) is 51.4 Å². The van der Waals surface area contributed by atoms with E-state index in [4.69, 9.17) is 27.5 Å². The molecule has 7 nitrogen and oxygen atoms in total. The van der Waals surface area contributed by atoms with E-state index in [0.29, 0.717) is 33.9 Å². The highest BCUT2D eigenvalue weighted by atomic mass is 32.1. The smallest absolute Gasteiger partial charge is 0.275 e. The van der Waals surface area contributed by atoms with Gasteiger partial charge in [0, 0.05) is 46.3 Å². The van der Waals surface area contributed by atoms with E-state index in [1.807, 2.05) is 16.8 Å². The molecule has 0 N–H and O–H groups in total. The van der Waals surface area contributed by atoms with Gasteiger partial charge < -0.3 is 19.1 Å². The summed E-state index contributed by atoms with van der Waals surface area (Å²) in [4.78, 5) is 15.2. The third-order valence-corrected chi connectivity index (χ3v) is 6.58. The lowest BCUT2D eigenvalue weighted by Crippen LogP contribution is -2.48. The molecule has 4 rings (SSSR count). The molecule has 1 aliphatic heterocycles. The Morgan fingerprint density at radius 2 is 2.26 bits per heavy atom. The van der Waals surface area contributed by atoms with Crippen molar-refractivity contribution in [2.45, 2.75) is 39.8 Å². The molecule has 0 aliphatic carbocycles. The summed E-state index contributed by atoms with van der Waals surface area (Å²) in [6.07, 6.45) is 1.55. The maximum absolute atomic E-state index is 13.8. The van der Waals surface area contributed by atoms with Crippen molar-refractivity contribution < 1.29 is 27.2 Å². The number of methoxy groups -OCH3 is 2. The molecule has 0 saturated carbocycles. The Kier molecular flexibility index (Phi) is 4.73. The topological polar surface area (TPSA) is 65.8 Å². The van der Waals surface area contributed by atoms with E-state index in [9.17, 15) is 4.79 Å². The first-order valence-corrected chi connectivity index (χ1v) is 11.6. The summed E-state index contributed by atoms with van der Waals surface area (Å²) < 4.78 is 63.6. The second-order valence-corrected chi connectivity index (χ2v) is 9.52. The van der Waals surface area contributed by atoms with Crippen LogP contribution in [0.4, 0.5) is 0 Å². The molecule has 0 saturated heterocycles. The molecule has 1 aliphatic rings. The normalized spacial score (nSPS) is 16.6. The number of allylic oxidation sites excluding steroid dienone is 1. The van der Waals surface area contributed by atoms with E-state index in [2.05, 4.69) is 0 Å². The van der Waals surface area contributed by atoms with Gasteiger partial charge >= 0.3 is 0 Å². The summed E-state index contributed by atoms with van der Waals surface area (Å²) in [5.41, 5.74) is 2.47. The molecule has 2 aromatic heterocycles. The van der Waals surface area contributed by atoms with E-state index in [1.54, 1.807) is 43.8 Å². The lowest BCUT2D eigenvalue weighted by Gasteiger charge is -2.34. The van der Waals surface area contributed by atoms with E-state index >= 15 is 0 Å². The number of likely N-dealkylation sites (N-methyl/N-ethyl adjacent to an activating group) is 1. The number of carbonyl (C=O) groups is 1. The highest BCUT2D eigenvalue weighted by molar-refractivity contribution is 7.08. The molecule has 8 heteroatoms. The summed E-state index contributed by atoms with van der Waals surface area (Å²) >= 11 is 1.47. The van der Waals surface area contributed by atoms with Crippen molar-refractivity contribution in [3.63, 3.8) is 0 Å². The monoisotopic (exact) mass is 487 g/mol. The molecule has 34 heavy (non-hydrogen) atoms. The molecular formula is C26H31N3O4S. The molecule has 0 unspecified atom stereocenters. The number of amides is 1. The van der Waals surface area contributed by atoms with Gasteiger partial charge in [-0.25, -0.2) is 4.68 Å². The van der Waals surface area contributed by atoms with Crippen molar-refractivity contribution in [3.8, 4) is 28.4 Å². The standard InChI is InChI=1S/C26H31N3O4S/c1-16(2)10-17-11-19-22(12-21(17)32-7)33-13-20-23(25(30)28(5)26(3,4)15-31-6)27-29(24(19)20)18-8-9-34-14-18/h8-12,14H,13,15H2,1-7H3/i1D3,6D3. The molecule has 0 radical (unpaired) electrons. The minimum atomic E-state index is -2.59. The van der Waals surface area contributed by atoms with E-state index in [-0.39, 0.29) is 24.5 Å². The molecule has 1 amide bonds. The van der Waals surface area contributed by atoms with Crippen LogP contribution in [0.1, 0.15) is 57.5 Å². The van der Waals surface area contributed by atoms with Crippen LogP contribution in [0.5, 0.6) is 11.5 Å². The highest BCUT2D eigenvalue weighted by Gasteiger charge is 2.36. The van der Waals surface area contributed by atoms with Crippen LogP contribution in [0, 0.1) is 0 Å². The Morgan fingerprint density at radius 1 is 1.44 bits per heavy atom. The van der Waals surface area contributed by atoms with Crippen LogP contribution < -0.4 is 9.47 Å². The number of hydrogen-bond donors (Lipinski definition) is 0. The fraction of sp³-hybridized carbons (Fsp3) is 0.385. The van der Waals surface area contributed by atoms with Gasteiger partial charge in [-0.3, -0.25) is 4.79 Å². The molecule has 1 aromatic carbocycles. The summed E-state index contributed by atoms with van der Waals surface area (Å²) in [6, 6.07) is 5.35. The van der Waals surface area contributed by atoms with Gasteiger partial charge in [0.05, 0.1) is 34.7 Å². The third-order valence-electron chi connectivity index (χ3n) is 5.91. The molecule has 3 heterocycles. The second kappa shape index (κ2) is 9.27. The molecule has 0 bridgehead atoms.